The first-order chi connectivity index (χ1) is 9.15. The second-order valence-electron chi connectivity index (χ2n) is 4.70. The van der Waals surface area contributed by atoms with Gasteiger partial charge < -0.3 is 14.9 Å². The van der Waals surface area contributed by atoms with E-state index in [-0.39, 0.29) is 5.69 Å². The summed E-state index contributed by atoms with van der Waals surface area (Å²) < 4.78 is 1.61. The molecule has 0 atom stereocenters. The maximum absolute atomic E-state index is 11.0. The SMILES string of the molecule is CN1CCN(c2ccnc3cc(C(=O)O)nn23)CC1. The second kappa shape index (κ2) is 4.51. The van der Waals surface area contributed by atoms with Crippen molar-refractivity contribution < 1.29 is 9.90 Å². The lowest BCUT2D eigenvalue weighted by Gasteiger charge is -2.33. The number of carbonyl (C=O) groups is 1. The number of fused-ring (bicyclic) bond motifs is 1. The zero-order chi connectivity index (χ0) is 13.4. The van der Waals surface area contributed by atoms with Gasteiger partial charge in [-0.1, -0.05) is 0 Å². The Bertz CT molecular complexity index is 616. The normalized spacial score (nSPS) is 17.0. The van der Waals surface area contributed by atoms with E-state index in [2.05, 4.69) is 26.9 Å². The molecular weight excluding hydrogens is 246 g/mol. The molecule has 1 saturated heterocycles. The molecule has 0 aromatic carbocycles. The smallest absolute Gasteiger partial charge is 0.356 e. The molecule has 3 heterocycles. The number of carboxylic acid groups (broad SMARTS) is 1. The van der Waals surface area contributed by atoms with E-state index in [4.69, 9.17) is 5.11 Å². The number of anilines is 1. The predicted octanol–water partition coefficient (Wildman–Crippen LogP) is 0.179. The van der Waals surface area contributed by atoms with Gasteiger partial charge in [-0.15, -0.1) is 0 Å². The average Bonchev–Trinajstić information content (AvgIpc) is 2.83. The second-order valence-corrected chi connectivity index (χ2v) is 4.70. The third-order valence-corrected chi connectivity index (χ3v) is 3.38. The van der Waals surface area contributed by atoms with Crippen LogP contribution in [0.1, 0.15) is 10.5 Å². The molecule has 2 aromatic rings. The highest BCUT2D eigenvalue weighted by Crippen LogP contribution is 2.17. The summed E-state index contributed by atoms with van der Waals surface area (Å²) in [4.78, 5) is 19.6. The van der Waals surface area contributed by atoms with Crippen LogP contribution in [-0.2, 0) is 0 Å². The highest BCUT2D eigenvalue weighted by molar-refractivity contribution is 5.86. The topological polar surface area (TPSA) is 74.0 Å². The van der Waals surface area contributed by atoms with Gasteiger partial charge in [-0.25, -0.2) is 9.78 Å². The number of aromatic nitrogens is 3. The van der Waals surface area contributed by atoms with Crippen LogP contribution in [0.4, 0.5) is 5.82 Å². The minimum absolute atomic E-state index is 0.0223. The Labute approximate surface area is 110 Å². The molecule has 1 N–H and O–H groups in total. The van der Waals surface area contributed by atoms with Crippen LogP contribution in [0.5, 0.6) is 0 Å². The standard InChI is InChI=1S/C12H15N5O2/c1-15-4-6-16(7-5-15)11-2-3-13-10-8-9(12(18)19)14-17(10)11/h2-3,8H,4-7H2,1H3,(H,18,19). The Morgan fingerprint density at radius 3 is 2.74 bits per heavy atom. The maximum atomic E-state index is 11.0. The molecule has 7 nitrogen and oxygen atoms in total. The van der Waals surface area contributed by atoms with E-state index in [0.29, 0.717) is 5.65 Å². The van der Waals surface area contributed by atoms with Gasteiger partial charge in [-0.2, -0.15) is 9.61 Å². The van der Waals surface area contributed by atoms with Crippen molar-refractivity contribution in [1.29, 1.82) is 0 Å². The Kier molecular flexibility index (Phi) is 2.83. The fourth-order valence-electron chi connectivity index (χ4n) is 2.26. The molecule has 0 unspecified atom stereocenters. The van der Waals surface area contributed by atoms with E-state index in [1.807, 2.05) is 6.07 Å². The van der Waals surface area contributed by atoms with Crippen LogP contribution < -0.4 is 4.90 Å². The predicted molar refractivity (Wildman–Crippen MR) is 69.7 cm³/mol. The third kappa shape index (κ3) is 2.12. The number of hydrogen-bond donors (Lipinski definition) is 1. The summed E-state index contributed by atoms with van der Waals surface area (Å²) in [7, 11) is 2.09. The molecule has 2 aromatic heterocycles. The van der Waals surface area contributed by atoms with Gasteiger partial charge in [0.05, 0.1) is 0 Å². The quantitative estimate of drug-likeness (QED) is 0.831. The third-order valence-electron chi connectivity index (χ3n) is 3.38. The van der Waals surface area contributed by atoms with Crippen molar-refractivity contribution in [2.24, 2.45) is 0 Å². The van der Waals surface area contributed by atoms with Crippen molar-refractivity contribution in [1.82, 2.24) is 19.5 Å². The monoisotopic (exact) mass is 261 g/mol. The van der Waals surface area contributed by atoms with E-state index < -0.39 is 5.97 Å². The van der Waals surface area contributed by atoms with Crippen molar-refractivity contribution in [2.45, 2.75) is 0 Å². The molecule has 0 bridgehead atoms. The van der Waals surface area contributed by atoms with Gasteiger partial charge in [0.2, 0.25) is 0 Å². The Morgan fingerprint density at radius 1 is 1.32 bits per heavy atom. The Morgan fingerprint density at radius 2 is 2.05 bits per heavy atom. The van der Waals surface area contributed by atoms with Gasteiger partial charge in [0.15, 0.2) is 11.3 Å². The minimum Gasteiger partial charge on any atom is -0.476 e. The summed E-state index contributed by atoms with van der Waals surface area (Å²) in [6.07, 6.45) is 1.69. The van der Waals surface area contributed by atoms with Gasteiger partial charge in [-0.3, -0.25) is 0 Å². The van der Waals surface area contributed by atoms with Crippen LogP contribution >= 0.6 is 0 Å². The van der Waals surface area contributed by atoms with Crippen LogP contribution in [-0.4, -0.2) is 63.8 Å². The lowest BCUT2D eigenvalue weighted by Crippen LogP contribution is -2.45. The van der Waals surface area contributed by atoms with E-state index in [9.17, 15) is 4.79 Å². The molecule has 0 saturated carbocycles. The number of piperazine rings is 1. The van der Waals surface area contributed by atoms with Crippen LogP contribution in [0.15, 0.2) is 18.3 Å². The first-order valence-electron chi connectivity index (χ1n) is 6.17. The fraction of sp³-hybridized carbons (Fsp3) is 0.417. The number of aromatic carboxylic acids is 1. The summed E-state index contributed by atoms with van der Waals surface area (Å²) >= 11 is 0. The number of hydrogen-bond acceptors (Lipinski definition) is 5. The number of rotatable bonds is 2. The van der Waals surface area contributed by atoms with Crippen molar-refractivity contribution in [3.63, 3.8) is 0 Å². The maximum Gasteiger partial charge on any atom is 0.356 e. The van der Waals surface area contributed by atoms with E-state index >= 15 is 0 Å². The summed E-state index contributed by atoms with van der Waals surface area (Å²) in [6.45, 7) is 3.77. The van der Waals surface area contributed by atoms with E-state index in [1.54, 1.807) is 10.7 Å². The number of likely N-dealkylation sites (N-methyl/N-ethyl adjacent to an activating group) is 1. The minimum atomic E-state index is -1.03. The fourth-order valence-corrected chi connectivity index (χ4v) is 2.26. The molecule has 0 spiro atoms. The van der Waals surface area contributed by atoms with Crippen LogP contribution in [0.25, 0.3) is 5.65 Å². The lowest BCUT2D eigenvalue weighted by molar-refractivity contribution is 0.0690. The Hall–Kier alpha value is -2.15. The molecule has 0 radical (unpaired) electrons. The molecule has 1 fully saturated rings. The molecule has 7 heteroatoms. The van der Waals surface area contributed by atoms with Crippen molar-refractivity contribution >= 4 is 17.4 Å². The summed E-state index contributed by atoms with van der Waals surface area (Å²) in [5.41, 5.74) is 0.586. The van der Waals surface area contributed by atoms with Crippen molar-refractivity contribution in [3.05, 3.63) is 24.0 Å². The Balaban J connectivity index is 2.01. The largest absolute Gasteiger partial charge is 0.476 e. The first-order valence-corrected chi connectivity index (χ1v) is 6.17. The van der Waals surface area contributed by atoms with Crippen LogP contribution in [0, 0.1) is 0 Å². The van der Waals surface area contributed by atoms with Gasteiger partial charge in [0.25, 0.3) is 0 Å². The van der Waals surface area contributed by atoms with Gasteiger partial charge in [-0.05, 0) is 13.1 Å². The van der Waals surface area contributed by atoms with E-state index in [0.717, 1.165) is 32.0 Å². The molecular formula is C12H15N5O2. The van der Waals surface area contributed by atoms with Crippen molar-refractivity contribution in [3.8, 4) is 0 Å². The molecule has 1 aliphatic rings. The van der Waals surface area contributed by atoms with Crippen LogP contribution in [0.3, 0.4) is 0 Å². The molecule has 0 aliphatic carbocycles. The number of carboxylic acids is 1. The summed E-state index contributed by atoms with van der Waals surface area (Å²) in [6, 6.07) is 3.36. The van der Waals surface area contributed by atoms with Crippen molar-refractivity contribution in [2.75, 3.05) is 38.1 Å². The average molecular weight is 261 g/mol. The summed E-state index contributed by atoms with van der Waals surface area (Å²) in [5.74, 6) is -0.138. The molecule has 100 valence electrons. The lowest BCUT2D eigenvalue weighted by atomic mass is 10.3. The highest BCUT2D eigenvalue weighted by Gasteiger charge is 2.18. The molecule has 1 aliphatic heterocycles. The first kappa shape index (κ1) is 11.9. The van der Waals surface area contributed by atoms with Gasteiger partial charge >= 0.3 is 5.97 Å². The summed E-state index contributed by atoms with van der Waals surface area (Å²) in [5, 5.41) is 13.1. The zero-order valence-electron chi connectivity index (χ0n) is 10.7. The molecule has 0 amide bonds. The zero-order valence-corrected chi connectivity index (χ0v) is 10.7. The highest BCUT2D eigenvalue weighted by atomic mass is 16.4. The molecule has 3 rings (SSSR count). The van der Waals surface area contributed by atoms with Gasteiger partial charge in [0, 0.05) is 38.4 Å². The van der Waals surface area contributed by atoms with Crippen LogP contribution in [0.2, 0.25) is 0 Å². The van der Waals surface area contributed by atoms with E-state index in [1.165, 1.54) is 6.07 Å². The molecule has 19 heavy (non-hydrogen) atoms. The van der Waals surface area contributed by atoms with Gasteiger partial charge in [0.1, 0.15) is 5.82 Å². The number of nitrogens with zero attached hydrogens (tertiary/aromatic N) is 5.